The van der Waals surface area contributed by atoms with Crippen LogP contribution in [0, 0.1) is 17.8 Å². The molecule has 4 unspecified atom stereocenters. The number of thioether (sulfide) groups is 1. The highest BCUT2D eigenvalue weighted by atomic mass is 32.2. The van der Waals surface area contributed by atoms with Crippen molar-refractivity contribution in [2.24, 2.45) is 17.8 Å². The molecule has 0 spiro atoms. The minimum Gasteiger partial charge on any atom is -0.388 e. The minimum atomic E-state index is -1.29. The molecule has 0 aliphatic carbocycles. The van der Waals surface area contributed by atoms with Crippen molar-refractivity contribution in [1.29, 1.82) is 0 Å². The lowest BCUT2D eigenvalue weighted by molar-refractivity contribution is -0.206. The first-order valence-electron chi connectivity index (χ1n) is 12.8. The van der Waals surface area contributed by atoms with Gasteiger partial charge in [0, 0.05) is 13.2 Å². The van der Waals surface area contributed by atoms with Crippen LogP contribution in [0.4, 0.5) is 0 Å². The maximum atomic E-state index is 13.4. The lowest BCUT2D eigenvalue weighted by atomic mass is 9.85. The molecule has 0 radical (unpaired) electrons. The van der Waals surface area contributed by atoms with Crippen molar-refractivity contribution in [2.75, 3.05) is 18.9 Å². The monoisotopic (exact) mass is 486 g/mol. The van der Waals surface area contributed by atoms with Crippen molar-refractivity contribution in [3.63, 3.8) is 0 Å². The second kappa shape index (κ2) is 11.5. The number of amides is 1. The van der Waals surface area contributed by atoms with Crippen LogP contribution < -0.4 is 10.6 Å². The normalized spacial score (nSPS) is 44.7. The summed E-state index contributed by atoms with van der Waals surface area (Å²) in [5.74, 6) is 2.32. The Morgan fingerprint density at radius 2 is 1.91 bits per heavy atom. The van der Waals surface area contributed by atoms with Crippen LogP contribution in [0.1, 0.15) is 58.8 Å². The number of fused-ring (bicyclic) bond motifs is 3. The summed E-state index contributed by atoms with van der Waals surface area (Å²) in [6.45, 7) is 5.97. The molecular formula is C24H42N2O6S. The molecular weight excluding hydrogens is 444 g/mol. The third-order valence-corrected chi connectivity index (χ3v) is 8.97. The molecule has 33 heavy (non-hydrogen) atoms. The molecule has 10 atom stereocenters. The van der Waals surface area contributed by atoms with Crippen LogP contribution in [-0.4, -0.2) is 88.2 Å². The smallest absolute Gasteiger partial charge is 0.240 e. The van der Waals surface area contributed by atoms with E-state index >= 15 is 0 Å². The number of aliphatic hydroxyl groups excluding tert-OH is 3. The number of nitrogens with one attached hydrogen (secondary N) is 2. The van der Waals surface area contributed by atoms with E-state index in [0.717, 1.165) is 44.4 Å². The van der Waals surface area contributed by atoms with Gasteiger partial charge in [-0.3, -0.25) is 4.79 Å². The van der Waals surface area contributed by atoms with Crippen molar-refractivity contribution in [3.05, 3.63) is 0 Å². The molecule has 8 nitrogen and oxygen atoms in total. The number of aliphatic hydroxyl groups is 3. The average Bonchev–Trinajstić information content (AvgIpc) is 3.06. The minimum absolute atomic E-state index is 0.132. The molecule has 190 valence electrons. The summed E-state index contributed by atoms with van der Waals surface area (Å²) >= 11 is 1.47. The summed E-state index contributed by atoms with van der Waals surface area (Å²) < 4.78 is 12.2. The molecule has 0 aromatic carbocycles. The fraction of sp³-hybridized carbons (Fsp3) is 0.958. The van der Waals surface area contributed by atoms with Crippen molar-refractivity contribution < 1.29 is 29.6 Å². The van der Waals surface area contributed by atoms with E-state index < -0.39 is 41.9 Å². The zero-order chi connectivity index (χ0) is 23.5. The molecule has 4 heterocycles. The molecule has 4 saturated heterocycles. The van der Waals surface area contributed by atoms with E-state index in [1.807, 2.05) is 0 Å². The average molecular weight is 487 g/mol. The summed E-state index contributed by atoms with van der Waals surface area (Å²) in [6.07, 6.45) is 2.28. The third kappa shape index (κ3) is 6.05. The van der Waals surface area contributed by atoms with Crippen molar-refractivity contribution in [2.45, 2.75) is 107 Å². The Morgan fingerprint density at radius 1 is 1.09 bits per heavy atom. The Labute approximate surface area is 201 Å². The standard InChI is InChI=1S/C24H42N2O6S/c1-13(2)10-14-7-8-31-21-15(11-14)12-25-17(21)23(30)26-16-6-4-3-5-9-33-24-20(29)18(27)19(28)22(16)32-24/h13-22,24-25,27-29H,3-12H2,1-2H3,(H,26,30)/t14?,15?,16-,17?,18+,19-,20-,21?,22-,24-/m1/s1. The van der Waals surface area contributed by atoms with Crippen LogP contribution in [0.2, 0.25) is 0 Å². The summed E-state index contributed by atoms with van der Waals surface area (Å²) in [4.78, 5) is 13.4. The van der Waals surface area contributed by atoms with Gasteiger partial charge in [0.25, 0.3) is 0 Å². The van der Waals surface area contributed by atoms with Crippen molar-refractivity contribution >= 4 is 17.7 Å². The van der Waals surface area contributed by atoms with Gasteiger partial charge in [-0.1, -0.05) is 26.7 Å². The molecule has 4 aliphatic rings. The van der Waals surface area contributed by atoms with E-state index in [1.54, 1.807) is 0 Å². The molecule has 0 saturated carbocycles. The Balaban J connectivity index is 1.43. The summed E-state index contributed by atoms with van der Waals surface area (Å²) in [5.41, 5.74) is -0.608. The second-order valence-corrected chi connectivity index (χ2v) is 12.0. The quantitative estimate of drug-likeness (QED) is 0.399. The third-order valence-electron chi connectivity index (χ3n) is 7.73. The van der Waals surface area contributed by atoms with Crippen LogP contribution in [0.25, 0.3) is 0 Å². The van der Waals surface area contributed by atoms with E-state index in [1.165, 1.54) is 18.2 Å². The molecule has 4 fully saturated rings. The number of rotatable bonds is 4. The van der Waals surface area contributed by atoms with Crippen LogP contribution >= 0.6 is 11.8 Å². The highest BCUT2D eigenvalue weighted by Gasteiger charge is 2.49. The van der Waals surface area contributed by atoms with Gasteiger partial charge in [-0.15, -0.1) is 11.8 Å². The van der Waals surface area contributed by atoms with E-state index in [4.69, 9.17) is 9.47 Å². The van der Waals surface area contributed by atoms with Gasteiger partial charge >= 0.3 is 0 Å². The molecule has 4 rings (SSSR count). The number of carbonyl (C=O) groups excluding carboxylic acids is 1. The zero-order valence-corrected chi connectivity index (χ0v) is 20.7. The Bertz CT molecular complexity index is 654. The fourth-order valence-electron chi connectivity index (χ4n) is 6.05. The van der Waals surface area contributed by atoms with E-state index in [2.05, 4.69) is 24.5 Å². The topological polar surface area (TPSA) is 120 Å². The first-order valence-corrected chi connectivity index (χ1v) is 13.9. The lowest BCUT2D eigenvalue weighted by Crippen LogP contribution is -2.64. The van der Waals surface area contributed by atoms with Gasteiger partial charge in [0.05, 0.1) is 12.1 Å². The molecule has 1 amide bonds. The van der Waals surface area contributed by atoms with Crippen molar-refractivity contribution in [3.8, 4) is 0 Å². The number of hydrogen-bond acceptors (Lipinski definition) is 8. The first kappa shape index (κ1) is 25.7. The molecule has 4 aliphatic heterocycles. The molecule has 9 heteroatoms. The predicted octanol–water partition coefficient (Wildman–Crippen LogP) is 1.02. The van der Waals surface area contributed by atoms with Crippen LogP contribution in [-0.2, 0) is 14.3 Å². The van der Waals surface area contributed by atoms with Crippen LogP contribution in [0.5, 0.6) is 0 Å². The van der Waals surface area contributed by atoms with Crippen LogP contribution in [0.15, 0.2) is 0 Å². The van der Waals surface area contributed by atoms with Gasteiger partial charge in [0.2, 0.25) is 5.91 Å². The summed E-state index contributed by atoms with van der Waals surface area (Å²) in [7, 11) is 0. The van der Waals surface area contributed by atoms with E-state index in [0.29, 0.717) is 30.8 Å². The number of carbonyl (C=O) groups is 1. The molecule has 0 aromatic heterocycles. The van der Waals surface area contributed by atoms with Gasteiger partial charge in [-0.25, -0.2) is 0 Å². The van der Waals surface area contributed by atoms with E-state index in [-0.39, 0.29) is 12.0 Å². The fourth-order valence-corrected chi connectivity index (χ4v) is 7.22. The second-order valence-electron chi connectivity index (χ2n) is 10.8. The zero-order valence-electron chi connectivity index (χ0n) is 19.9. The maximum absolute atomic E-state index is 13.4. The van der Waals surface area contributed by atoms with Gasteiger partial charge in [0.15, 0.2) is 0 Å². The van der Waals surface area contributed by atoms with E-state index in [9.17, 15) is 20.1 Å². The Hall–Kier alpha value is -0.420. The van der Waals surface area contributed by atoms with Crippen molar-refractivity contribution in [1.82, 2.24) is 10.6 Å². The van der Waals surface area contributed by atoms with Gasteiger partial charge in [0.1, 0.15) is 35.9 Å². The molecule has 0 aromatic rings. The predicted molar refractivity (Wildman–Crippen MR) is 127 cm³/mol. The van der Waals surface area contributed by atoms with Gasteiger partial charge in [-0.2, -0.15) is 0 Å². The lowest BCUT2D eigenvalue weighted by Gasteiger charge is -2.44. The summed E-state index contributed by atoms with van der Waals surface area (Å²) in [5, 5.41) is 38.0. The Morgan fingerprint density at radius 3 is 2.70 bits per heavy atom. The maximum Gasteiger partial charge on any atom is 0.240 e. The van der Waals surface area contributed by atoms with Crippen LogP contribution in [0.3, 0.4) is 0 Å². The first-order chi connectivity index (χ1) is 15.8. The Kier molecular flexibility index (Phi) is 8.98. The highest BCUT2D eigenvalue weighted by Crippen LogP contribution is 2.35. The van der Waals surface area contributed by atoms with Gasteiger partial charge in [-0.05, 0) is 55.6 Å². The highest BCUT2D eigenvalue weighted by molar-refractivity contribution is 7.99. The SMILES string of the molecule is CC(C)CC1CCOC2C(CNC2C(=O)N[C@@H]2CCCCCS[C@H]3O[C@H]2[C@H](O)[C@H](O)[C@H]3O)C1. The largest absolute Gasteiger partial charge is 0.388 e. The number of hydrogen-bond donors (Lipinski definition) is 5. The molecule has 2 bridgehead atoms. The van der Waals surface area contributed by atoms with Gasteiger partial charge < -0.3 is 35.4 Å². The summed E-state index contributed by atoms with van der Waals surface area (Å²) in [6, 6.07) is -0.860. The molecule has 5 N–H and O–H groups in total. The number of ether oxygens (including phenoxy) is 2.